The topological polar surface area (TPSA) is 87.7 Å². The number of carbonyl (C=O) groups is 2. The first kappa shape index (κ1) is 13.1. The zero-order chi connectivity index (χ0) is 13.0. The summed E-state index contributed by atoms with van der Waals surface area (Å²) < 4.78 is 5.25. The van der Waals surface area contributed by atoms with E-state index in [-0.39, 0.29) is 6.03 Å². The molecule has 6 nitrogen and oxygen atoms in total. The van der Waals surface area contributed by atoms with Gasteiger partial charge in [-0.05, 0) is 38.0 Å². The molecule has 1 atom stereocenters. The van der Waals surface area contributed by atoms with Crippen LogP contribution in [0.15, 0.2) is 0 Å². The van der Waals surface area contributed by atoms with Gasteiger partial charge in [0.2, 0.25) is 0 Å². The first-order chi connectivity index (χ1) is 8.62. The minimum atomic E-state index is -1.03. The van der Waals surface area contributed by atoms with Crippen molar-refractivity contribution in [3.05, 3.63) is 0 Å². The monoisotopic (exact) mass is 256 g/mol. The lowest BCUT2D eigenvalue weighted by Crippen LogP contribution is -2.61. The highest BCUT2D eigenvalue weighted by molar-refractivity contribution is 5.87. The van der Waals surface area contributed by atoms with Crippen LogP contribution in [0, 0.1) is 5.92 Å². The zero-order valence-electron chi connectivity index (χ0n) is 10.4. The highest BCUT2D eigenvalue weighted by Crippen LogP contribution is 2.31. The predicted octanol–water partition coefficient (Wildman–Crippen LogP) is 0.719. The average molecular weight is 256 g/mol. The third kappa shape index (κ3) is 2.93. The van der Waals surface area contributed by atoms with Crippen molar-refractivity contribution in [2.75, 3.05) is 19.8 Å². The lowest BCUT2D eigenvalue weighted by Gasteiger charge is -2.38. The molecule has 1 unspecified atom stereocenters. The molecule has 1 aliphatic carbocycles. The molecule has 0 aromatic heterocycles. The van der Waals surface area contributed by atoms with Gasteiger partial charge in [0.1, 0.15) is 5.54 Å². The third-order valence-electron chi connectivity index (χ3n) is 3.83. The minimum absolute atomic E-state index is 0.379. The molecule has 0 spiro atoms. The summed E-state index contributed by atoms with van der Waals surface area (Å²) in [6.45, 7) is 2.14. The van der Waals surface area contributed by atoms with E-state index in [0.29, 0.717) is 25.3 Å². The SMILES string of the molecule is O=C(NCCC1CCOC1)NC1(C(=O)O)CCC1. The van der Waals surface area contributed by atoms with Gasteiger partial charge in [0, 0.05) is 19.8 Å². The van der Waals surface area contributed by atoms with Crippen LogP contribution in [-0.4, -0.2) is 42.4 Å². The fourth-order valence-corrected chi connectivity index (χ4v) is 2.39. The molecule has 0 aromatic carbocycles. The van der Waals surface area contributed by atoms with Crippen LogP contribution in [-0.2, 0) is 9.53 Å². The Bertz CT molecular complexity index is 322. The second kappa shape index (κ2) is 5.56. The van der Waals surface area contributed by atoms with Crippen molar-refractivity contribution in [2.45, 2.75) is 37.6 Å². The molecule has 1 saturated heterocycles. The number of carboxylic acid groups (broad SMARTS) is 1. The molecule has 102 valence electrons. The summed E-state index contributed by atoms with van der Waals surface area (Å²) in [5.74, 6) is -0.421. The van der Waals surface area contributed by atoms with E-state index in [0.717, 1.165) is 32.5 Å². The maximum absolute atomic E-state index is 11.6. The second-order valence-corrected chi connectivity index (χ2v) is 5.14. The number of hydrogen-bond acceptors (Lipinski definition) is 3. The molecule has 0 radical (unpaired) electrons. The largest absolute Gasteiger partial charge is 0.480 e. The van der Waals surface area contributed by atoms with Gasteiger partial charge in [-0.3, -0.25) is 0 Å². The summed E-state index contributed by atoms with van der Waals surface area (Å²) in [7, 11) is 0. The van der Waals surface area contributed by atoms with E-state index < -0.39 is 11.5 Å². The number of aliphatic carboxylic acids is 1. The normalized spacial score (nSPS) is 25.2. The molecule has 0 bridgehead atoms. The molecule has 2 rings (SSSR count). The van der Waals surface area contributed by atoms with Crippen LogP contribution >= 0.6 is 0 Å². The van der Waals surface area contributed by atoms with Gasteiger partial charge >= 0.3 is 12.0 Å². The minimum Gasteiger partial charge on any atom is -0.480 e. The Hall–Kier alpha value is -1.30. The Morgan fingerprint density at radius 3 is 2.67 bits per heavy atom. The van der Waals surface area contributed by atoms with E-state index in [2.05, 4.69) is 10.6 Å². The Kier molecular flexibility index (Phi) is 4.06. The van der Waals surface area contributed by atoms with Gasteiger partial charge in [0.05, 0.1) is 0 Å². The molecule has 2 fully saturated rings. The third-order valence-corrected chi connectivity index (χ3v) is 3.83. The van der Waals surface area contributed by atoms with Gasteiger partial charge in [0.25, 0.3) is 0 Å². The van der Waals surface area contributed by atoms with Crippen molar-refractivity contribution in [1.82, 2.24) is 10.6 Å². The van der Waals surface area contributed by atoms with Crippen LogP contribution in [0.25, 0.3) is 0 Å². The molecule has 6 heteroatoms. The van der Waals surface area contributed by atoms with Crippen LogP contribution in [0.2, 0.25) is 0 Å². The molecule has 3 N–H and O–H groups in total. The molecular formula is C12H20N2O4. The molecule has 0 aromatic rings. The van der Waals surface area contributed by atoms with Gasteiger partial charge in [-0.15, -0.1) is 0 Å². The van der Waals surface area contributed by atoms with Gasteiger partial charge < -0.3 is 20.5 Å². The van der Waals surface area contributed by atoms with E-state index in [4.69, 9.17) is 9.84 Å². The fourth-order valence-electron chi connectivity index (χ4n) is 2.39. The highest BCUT2D eigenvalue weighted by atomic mass is 16.5. The number of nitrogens with one attached hydrogen (secondary N) is 2. The van der Waals surface area contributed by atoms with E-state index in [1.165, 1.54) is 0 Å². The van der Waals surface area contributed by atoms with Gasteiger partial charge in [0.15, 0.2) is 0 Å². The van der Waals surface area contributed by atoms with Crippen LogP contribution in [0.5, 0.6) is 0 Å². The van der Waals surface area contributed by atoms with Crippen molar-refractivity contribution in [3.8, 4) is 0 Å². The summed E-state index contributed by atoms with van der Waals surface area (Å²) in [5.41, 5.74) is -1.03. The molecule has 1 saturated carbocycles. The number of carbonyl (C=O) groups excluding carboxylic acids is 1. The smallest absolute Gasteiger partial charge is 0.329 e. The van der Waals surface area contributed by atoms with Crippen molar-refractivity contribution in [1.29, 1.82) is 0 Å². The van der Waals surface area contributed by atoms with E-state index >= 15 is 0 Å². The summed E-state index contributed by atoms with van der Waals surface area (Å²) in [4.78, 5) is 22.7. The number of rotatable bonds is 5. The van der Waals surface area contributed by atoms with Gasteiger partial charge in [-0.1, -0.05) is 0 Å². The molecule has 2 amide bonds. The first-order valence-corrected chi connectivity index (χ1v) is 6.49. The first-order valence-electron chi connectivity index (χ1n) is 6.49. The van der Waals surface area contributed by atoms with Crippen molar-refractivity contribution < 1.29 is 19.4 Å². The molecule has 1 heterocycles. The number of carboxylic acids is 1. The van der Waals surface area contributed by atoms with Crippen molar-refractivity contribution in [2.24, 2.45) is 5.92 Å². The Morgan fingerprint density at radius 1 is 1.39 bits per heavy atom. The zero-order valence-corrected chi connectivity index (χ0v) is 10.4. The Balaban J connectivity index is 1.66. The van der Waals surface area contributed by atoms with E-state index in [1.807, 2.05) is 0 Å². The van der Waals surface area contributed by atoms with E-state index in [9.17, 15) is 9.59 Å². The number of amides is 2. The van der Waals surface area contributed by atoms with Crippen LogP contribution < -0.4 is 10.6 Å². The second-order valence-electron chi connectivity index (χ2n) is 5.14. The molecule has 1 aliphatic heterocycles. The number of urea groups is 1. The van der Waals surface area contributed by atoms with Gasteiger partial charge in [-0.25, -0.2) is 9.59 Å². The van der Waals surface area contributed by atoms with Crippen molar-refractivity contribution >= 4 is 12.0 Å². The lowest BCUT2D eigenvalue weighted by atomic mass is 9.77. The van der Waals surface area contributed by atoms with Crippen LogP contribution in [0.1, 0.15) is 32.1 Å². The average Bonchev–Trinajstić information content (AvgIpc) is 2.76. The van der Waals surface area contributed by atoms with Crippen LogP contribution in [0.3, 0.4) is 0 Å². The number of hydrogen-bond donors (Lipinski definition) is 3. The standard InChI is InChI=1S/C12H20N2O4/c15-10(16)12(4-1-5-12)14-11(17)13-6-2-9-3-7-18-8-9/h9H,1-8H2,(H,15,16)(H2,13,14,17). The Morgan fingerprint density at radius 2 is 2.17 bits per heavy atom. The molecule has 18 heavy (non-hydrogen) atoms. The van der Waals surface area contributed by atoms with Crippen LogP contribution in [0.4, 0.5) is 4.79 Å². The fraction of sp³-hybridized carbons (Fsp3) is 0.833. The summed E-state index contributed by atoms with van der Waals surface area (Å²) in [6.07, 6.45) is 3.82. The molecule has 2 aliphatic rings. The summed E-state index contributed by atoms with van der Waals surface area (Å²) in [6, 6.07) is -0.379. The lowest BCUT2D eigenvalue weighted by molar-refractivity contribution is -0.148. The Labute approximate surface area is 106 Å². The van der Waals surface area contributed by atoms with E-state index in [1.54, 1.807) is 0 Å². The molecular weight excluding hydrogens is 236 g/mol. The quantitative estimate of drug-likeness (QED) is 0.676. The maximum Gasteiger partial charge on any atom is 0.329 e. The van der Waals surface area contributed by atoms with Gasteiger partial charge in [-0.2, -0.15) is 0 Å². The predicted molar refractivity (Wildman–Crippen MR) is 64.3 cm³/mol. The summed E-state index contributed by atoms with van der Waals surface area (Å²) in [5, 5.41) is 14.4. The summed E-state index contributed by atoms with van der Waals surface area (Å²) >= 11 is 0. The maximum atomic E-state index is 11.6. The highest BCUT2D eigenvalue weighted by Gasteiger charge is 2.45. The number of ether oxygens (including phenoxy) is 1. The van der Waals surface area contributed by atoms with Crippen molar-refractivity contribution in [3.63, 3.8) is 0 Å².